The summed E-state index contributed by atoms with van der Waals surface area (Å²) < 4.78 is 40.3. The summed E-state index contributed by atoms with van der Waals surface area (Å²) in [4.78, 5) is 11.1. The molecule has 0 bridgehead atoms. The molecule has 1 aliphatic rings. The Morgan fingerprint density at radius 2 is 2.09 bits per heavy atom. The maximum atomic E-state index is 13.1. The minimum absolute atomic E-state index is 0.00220. The third-order valence-corrected chi connectivity index (χ3v) is 4.18. The van der Waals surface area contributed by atoms with Gasteiger partial charge in [0.1, 0.15) is 6.04 Å². The number of carbonyl (C=O) groups is 1. The average molecular weight is 379 g/mol. The van der Waals surface area contributed by atoms with E-state index in [0.29, 0.717) is 12.8 Å². The van der Waals surface area contributed by atoms with E-state index in [1.165, 1.54) is 0 Å². The van der Waals surface area contributed by atoms with Crippen LogP contribution in [0.15, 0.2) is 28.7 Å². The lowest BCUT2D eigenvalue weighted by atomic mass is 10.0. The van der Waals surface area contributed by atoms with Crippen molar-refractivity contribution in [1.82, 2.24) is 10.4 Å². The molecule has 0 saturated carbocycles. The molecule has 0 aromatic heterocycles. The zero-order valence-electron chi connectivity index (χ0n) is 12.0. The molecular formula is C15H18BrF3N2O. The summed E-state index contributed by atoms with van der Waals surface area (Å²) in [7, 11) is 0. The van der Waals surface area contributed by atoms with E-state index in [0.717, 1.165) is 21.5 Å². The number of nitrogens with zero attached hydrogens (tertiary/aromatic N) is 1. The van der Waals surface area contributed by atoms with Crippen LogP contribution in [0.25, 0.3) is 0 Å². The Kier molecular flexibility index (Phi) is 5.86. The van der Waals surface area contributed by atoms with E-state index in [4.69, 9.17) is 0 Å². The average Bonchev–Trinajstić information content (AvgIpc) is 2.83. The van der Waals surface area contributed by atoms with Crippen molar-refractivity contribution < 1.29 is 18.0 Å². The topological polar surface area (TPSA) is 32.3 Å². The van der Waals surface area contributed by atoms with Crippen LogP contribution in [-0.2, 0) is 11.2 Å². The number of amides is 1. The molecule has 1 amide bonds. The van der Waals surface area contributed by atoms with Gasteiger partial charge in [0, 0.05) is 17.4 Å². The summed E-state index contributed by atoms with van der Waals surface area (Å²) in [5.74, 6) is -0.344. The molecule has 1 aliphatic heterocycles. The Bertz CT molecular complexity index is 522. The van der Waals surface area contributed by atoms with Crippen molar-refractivity contribution >= 4 is 21.8 Å². The molecule has 7 heteroatoms. The van der Waals surface area contributed by atoms with E-state index in [1.807, 2.05) is 24.3 Å². The number of nitrogens with one attached hydrogen (secondary N) is 1. The first-order valence-electron chi connectivity index (χ1n) is 7.23. The lowest BCUT2D eigenvalue weighted by Gasteiger charge is -2.28. The Morgan fingerprint density at radius 1 is 1.32 bits per heavy atom. The SMILES string of the molecule is O=C1CCN(C(CCCCc2cccc(Br)c2)C(F)(F)F)N1. The summed E-state index contributed by atoms with van der Waals surface area (Å²) in [6.07, 6.45) is -2.31. The van der Waals surface area contributed by atoms with E-state index in [2.05, 4.69) is 21.4 Å². The molecule has 1 unspecified atom stereocenters. The normalized spacial score (nSPS) is 17.5. The maximum absolute atomic E-state index is 13.1. The molecule has 0 aliphatic carbocycles. The molecule has 1 aromatic rings. The fourth-order valence-electron chi connectivity index (χ4n) is 2.58. The second kappa shape index (κ2) is 7.46. The third kappa shape index (κ3) is 4.98. The van der Waals surface area contributed by atoms with Gasteiger partial charge in [-0.25, -0.2) is 5.01 Å². The van der Waals surface area contributed by atoms with Crippen molar-refractivity contribution in [2.45, 2.75) is 44.3 Å². The van der Waals surface area contributed by atoms with Crippen molar-refractivity contribution in [3.8, 4) is 0 Å². The predicted molar refractivity (Wildman–Crippen MR) is 81.0 cm³/mol. The van der Waals surface area contributed by atoms with Crippen molar-refractivity contribution in [3.63, 3.8) is 0 Å². The molecule has 1 heterocycles. The number of unbranched alkanes of at least 4 members (excludes halogenated alkanes) is 1. The van der Waals surface area contributed by atoms with Gasteiger partial charge in [0.15, 0.2) is 0 Å². The van der Waals surface area contributed by atoms with E-state index >= 15 is 0 Å². The first-order chi connectivity index (χ1) is 10.4. The lowest BCUT2D eigenvalue weighted by Crippen LogP contribution is -2.49. The summed E-state index contributed by atoms with van der Waals surface area (Å²) in [6, 6.07) is 6.17. The third-order valence-electron chi connectivity index (χ3n) is 3.68. The highest BCUT2D eigenvalue weighted by Crippen LogP contribution is 2.29. The van der Waals surface area contributed by atoms with Crippen molar-refractivity contribution in [3.05, 3.63) is 34.3 Å². The van der Waals surface area contributed by atoms with Gasteiger partial charge in [-0.05, 0) is 37.0 Å². The van der Waals surface area contributed by atoms with Gasteiger partial charge in [-0.2, -0.15) is 13.2 Å². The molecule has 3 nitrogen and oxygen atoms in total. The number of aryl methyl sites for hydroxylation is 1. The first kappa shape index (κ1) is 17.3. The van der Waals surface area contributed by atoms with Crippen molar-refractivity contribution in [2.24, 2.45) is 0 Å². The zero-order chi connectivity index (χ0) is 16.2. The molecule has 1 atom stereocenters. The van der Waals surface area contributed by atoms with E-state index in [1.54, 1.807) is 0 Å². The minimum Gasteiger partial charge on any atom is -0.288 e. The Balaban J connectivity index is 1.83. The van der Waals surface area contributed by atoms with Gasteiger partial charge in [-0.1, -0.05) is 34.5 Å². The van der Waals surface area contributed by atoms with Gasteiger partial charge in [0.05, 0.1) is 0 Å². The molecule has 122 valence electrons. The van der Waals surface area contributed by atoms with Crippen LogP contribution in [0.1, 0.15) is 31.2 Å². The molecule has 1 saturated heterocycles. The molecule has 2 rings (SSSR count). The standard InChI is InChI=1S/C15H18BrF3N2O/c16-12-6-3-5-11(10-12)4-1-2-7-13(15(17,18)19)21-9-8-14(22)20-21/h3,5-6,10,13H,1-2,4,7-9H2,(H,20,22). The molecular weight excluding hydrogens is 361 g/mol. The van der Waals surface area contributed by atoms with Crippen LogP contribution < -0.4 is 5.43 Å². The monoisotopic (exact) mass is 378 g/mol. The highest BCUT2D eigenvalue weighted by atomic mass is 79.9. The number of carbonyl (C=O) groups excluding carboxylic acids is 1. The fourth-order valence-corrected chi connectivity index (χ4v) is 3.03. The maximum Gasteiger partial charge on any atom is 0.405 e. The second-order valence-electron chi connectivity index (χ2n) is 5.41. The van der Waals surface area contributed by atoms with Crippen LogP contribution >= 0.6 is 15.9 Å². The highest BCUT2D eigenvalue weighted by Gasteiger charge is 2.45. The largest absolute Gasteiger partial charge is 0.405 e. The number of hydrogen-bond donors (Lipinski definition) is 1. The summed E-state index contributed by atoms with van der Waals surface area (Å²) in [5, 5.41) is 1.03. The number of hydrazine groups is 1. The van der Waals surface area contributed by atoms with Gasteiger partial charge in [-0.3, -0.25) is 10.2 Å². The minimum atomic E-state index is -4.33. The van der Waals surface area contributed by atoms with Crippen molar-refractivity contribution in [2.75, 3.05) is 6.54 Å². The van der Waals surface area contributed by atoms with Crippen LogP contribution in [0.5, 0.6) is 0 Å². The highest BCUT2D eigenvalue weighted by molar-refractivity contribution is 9.10. The Morgan fingerprint density at radius 3 is 2.68 bits per heavy atom. The molecule has 1 aromatic carbocycles. The van der Waals surface area contributed by atoms with Crippen LogP contribution in [0, 0.1) is 0 Å². The summed E-state index contributed by atoms with van der Waals surface area (Å²) in [6.45, 7) is 0.120. The smallest absolute Gasteiger partial charge is 0.288 e. The number of rotatable bonds is 6. The number of alkyl halides is 3. The zero-order valence-corrected chi connectivity index (χ0v) is 13.6. The predicted octanol–water partition coefficient (Wildman–Crippen LogP) is 3.83. The molecule has 1 N–H and O–H groups in total. The van der Waals surface area contributed by atoms with Crippen molar-refractivity contribution in [1.29, 1.82) is 0 Å². The van der Waals surface area contributed by atoms with Crippen LogP contribution in [-0.4, -0.2) is 29.7 Å². The molecule has 1 fully saturated rings. The summed E-state index contributed by atoms with van der Waals surface area (Å²) >= 11 is 3.38. The molecule has 0 radical (unpaired) electrons. The van der Waals surface area contributed by atoms with Gasteiger partial charge in [-0.15, -0.1) is 0 Å². The van der Waals surface area contributed by atoms with E-state index in [-0.39, 0.29) is 25.3 Å². The molecule has 0 spiro atoms. The van der Waals surface area contributed by atoms with E-state index in [9.17, 15) is 18.0 Å². The molecule has 22 heavy (non-hydrogen) atoms. The lowest BCUT2D eigenvalue weighted by molar-refractivity contribution is -0.190. The number of hydrogen-bond acceptors (Lipinski definition) is 2. The number of benzene rings is 1. The van der Waals surface area contributed by atoms with Crippen LogP contribution in [0.4, 0.5) is 13.2 Å². The van der Waals surface area contributed by atoms with Gasteiger partial charge in [0.2, 0.25) is 5.91 Å². The van der Waals surface area contributed by atoms with Crippen LogP contribution in [0.3, 0.4) is 0 Å². The van der Waals surface area contributed by atoms with Gasteiger partial charge in [0.25, 0.3) is 0 Å². The first-order valence-corrected chi connectivity index (χ1v) is 8.03. The van der Waals surface area contributed by atoms with Crippen LogP contribution in [0.2, 0.25) is 0 Å². The second-order valence-corrected chi connectivity index (χ2v) is 6.33. The quantitative estimate of drug-likeness (QED) is 0.762. The van der Waals surface area contributed by atoms with Gasteiger partial charge < -0.3 is 0 Å². The Hall–Kier alpha value is -1.08. The van der Waals surface area contributed by atoms with E-state index < -0.39 is 12.2 Å². The fraction of sp³-hybridized carbons (Fsp3) is 0.533. The Labute approximate surface area is 136 Å². The summed E-state index contributed by atoms with van der Waals surface area (Å²) in [5.41, 5.74) is 3.40. The number of halogens is 4. The van der Waals surface area contributed by atoms with Gasteiger partial charge >= 0.3 is 6.18 Å².